The van der Waals surface area contributed by atoms with Crippen molar-refractivity contribution in [2.45, 2.75) is 6.10 Å². The van der Waals surface area contributed by atoms with Crippen LogP contribution in [-0.4, -0.2) is 30.8 Å². The molecule has 1 aliphatic rings. The lowest BCUT2D eigenvalue weighted by molar-refractivity contribution is 0.151. The Balaban J connectivity index is 0. The molecule has 0 saturated carbocycles. The molecular formula is C5H14Cl2N2O. The number of rotatable bonds is 1. The second-order valence-corrected chi connectivity index (χ2v) is 2.22. The second-order valence-electron chi connectivity index (χ2n) is 2.22. The number of β-amino-alcohol motifs (C(OH)–C–C–N with tert-alkyl or cyclic N) is 1. The zero-order valence-corrected chi connectivity index (χ0v) is 7.25. The summed E-state index contributed by atoms with van der Waals surface area (Å²) in [7, 11) is 0. The summed E-state index contributed by atoms with van der Waals surface area (Å²) < 4.78 is 0. The molecule has 10 heavy (non-hydrogen) atoms. The lowest BCUT2D eigenvalue weighted by Gasteiger charge is -2.07. The highest BCUT2D eigenvalue weighted by atomic mass is 35.5. The Morgan fingerprint density at radius 2 is 2.00 bits per heavy atom. The molecule has 3 nitrogen and oxygen atoms in total. The zero-order valence-electron chi connectivity index (χ0n) is 5.62. The van der Waals surface area contributed by atoms with Gasteiger partial charge >= 0.3 is 0 Å². The lowest BCUT2D eigenvalue weighted by atomic mass is 10.1. The molecule has 0 aromatic rings. The first-order chi connectivity index (χ1) is 3.84. The van der Waals surface area contributed by atoms with Gasteiger partial charge in [0, 0.05) is 19.0 Å². The van der Waals surface area contributed by atoms with Crippen molar-refractivity contribution >= 4 is 24.8 Å². The van der Waals surface area contributed by atoms with Gasteiger partial charge in [0.1, 0.15) is 0 Å². The number of hydrogen-bond donors (Lipinski definition) is 3. The third-order valence-electron chi connectivity index (χ3n) is 1.61. The molecule has 0 aromatic heterocycles. The van der Waals surface area contributed by atoms with Crippen molar-refractivity contribution in [1.82, 2.24) is 5.32 Å². The van der Waals surface area contributed by atoms with E-state index in [1.165, 1.54) is 0 Å². The maximum Gasteiger partial charge on any atom is 0.0716 e. The highest BCUT2D eigenvalue weighted by Crippen LogP contribution is 2.04. The number of hydrogen-bond acceptors (Lipinski definition) is 3. The van der Waals surface area contributed by atoms with E-state index in [-0.39, 0.29) is 36.8 Å². The second kappa shape index (κ2) is 6.19. The molecule has 0 radical (unpaired) electrons. The highest BCUT2D eigenvalue weighted by Gasteiger charge is 2.22. The van der Waals surface area contributed by atoms with Crippen LogP contribution in [0.2, 0.25) is 0 Å². The average Bonchev–Trinajstić information content (AvgIpc) is 2.14. The molecule has 0 aliphatic carbocycles. The highest BCUT2D eigenvalue weighted by molar-refractivity contribution is 5.85. The van der Waals surface area contributed by atoms with Crippen molar-refractivity contribution in [3.05, 3.63) is 0 Å². The van der Waals surface area contributed by atoms with Gasteiger partial charge in [0.2, 0.25) is 0 Å². The third-order valence-corrected chi connectivity index (χ3v) is 1.61. The van der Waals surface area contributed by atoms with E-state index in [0.717, 1.165) is 6.54 Å². The molecule has 1 rings (SSSR count). The van der Waals surface area contributed by atoms with Crippen LogP contribution < -0.4 is 11.1 Å². The standard InChI is InChI=1S/C5H12N2O.2ClH/c6-1-4-2-7-3-5(4)8;;/h4-5,7-8H,1-3,6H2;2*1H/t4-,5+;;/m0../s1. The van der Waals surface area contributed by atoms with E-state index in [1.54, 1.807) is 0 Å². The van der Waals surface area contributed by atoms with Gasteiger partial charge in [0.25, 0.3) is 0 Å². The molecule has 0 amide bonds. The average molecular weight is 189 g/mol. The monoisotopic (exact) mass is 188 g/mol. The number of nitrogens with one attached hydrogen (secondary N) is 1. The number of aliphatic hydroxyl groups excluding tert-OH is 1. The van der Waals surface area contributed by atoms with Crippen molar-refractivity contribution in [1.29, 1.82) is 0 Å². The number of nitrogens with two attached hydrogens (primary N) is 1. The van der Waals surface area contributed by atoms with Crippen LogP contribution in [0.15, 0.2) is 0 Å². The van der Waals surface area contributed by atoms with Crippen molar-refractivity contribution in [2.24, 2.45) is 11.7 Å². The summed E-state index contributed by atoms with van der Waals surface area (Å²) in [6.07, 6.45) is -0.208. The number of aliphatic hydroxyl groups is 1. The van der Waals surface area contributed by atoms with Gasteiger partial charge in [-0.25, -0.2) is 0 Å². The first kappa shape index (κ1) is 13.1. The largest absolute Gasteiger partial charge is 0.391 e. The van der Waals surface area contributed by atoms with Gasteiger partial charge in [-0.15, -0.1) is 24.8 Å². The van der Waals surface area contributed by atoms with E-state index < -0.39 is 0 Å². The van der Waals surface area contributed by atoms with Gasteiger partial charge in [0.05, 0.1) is 6.10 Å². The molecular weight excluding hydrogens is 175 g/mol. The van der Waals surface area contributed by atoms with Gasteiger partial charge in [-0.05, 0) is 6.54 Å². The molecule has 0 aromatic carbocycles. The fraction of sp³-hybridized carbons (Fsp3) is 1.00. The van der Waals surface area contributed by atoms with Crippen LogP contribution in [0.5, 0.6) is 0 Å². The molecule has 0 unspecified atom stereocenters. The predicted molar refractivity (Wildman–Crippen MR) is 45.9 cm³/mol. The Bertz CT molecular complexity index is 84.0. The molecule has 1 heterocycles. The van der Waals surface area contributed by atoms with Crippen molar-refractivity contribution in [3.8, 4) is 0 Å². The van der Waals surface area contributed by atoms with Crippen molar-refractivity contribution in [3.63, 3.8) is 0 Å². The van der Waals surface area contributed by atoms with Gasteiger partial charge in [-0.1, -0.05) is 0 Å². The van der Waals surface area contributed by atoms with Crippen LogP contribution in [0.3, 0.4) is 0 Å². The summed E-state index contributed by atoms with van der Waals surface area (Å²) in [4.78, 5) is 0. The van der Waals surface area contributed by atoms with E-state index >= 15 is 0 Å². The Hall–Kier alpha value is 0.460. The van der Waals surface area contributed by atoms with E-state index in [4.69, 9.17) is 10.8 Å². The van der Waals surface area contributed by atoms with Crippen molar-refractivity contribution < 1.29 is 5.11 Å². The molecule has 1 fully saturated rings. The molecule has 1 aliphatic heterocycles. The summed E-state index contributed by atoms with van der Waals surface area (Å²) >= 11 is 0. The summed E-state index contributed by atoms with van der Waals surface area (Å²) in [5.74, 6) is 0.287. The van der Waals surface area contributed by atoms with Crippen molar-refractivity contribution in [2.75, 3.05) is 19.6 Å². The van der Waals surface area contributed by atoms with Gasteiger partial charge < -0.3 is 16.2 Å². The molecule has 0 spiro atoms. The fourth-order valence-corrected chi connectivity index (χ4v) is 0.960. The first-order valence-corrected chi connectivity index (χ1v) is 2.93. The third kappa shape index (κ3) is 3.03. The summed E-state index contributed by atoms with van der Waals surface area (Å²) in [6.45, 7) is 2.17. The molecule has 2 atom stereocenters. The normalized spacial score (nSPS) is 30.6. The fourth-order valence-electron chi connectivity index (χ4n) is 0.960. The van der Waals surface area contributed by atoms with Crippen LogP contribution >= 0.6 is 24.8 Å². The van der Waals surface area contributed by atoms with Crippen LogP contribution in [-0.2, 0) is 0 Å². The minimum absolute atomic E-state index is 0. The predicted octanol–water partition coefficient (Wildman–Crippen LogP) is -0.631. The minimum atomic E-state index is -0.208. The lowest BCUT2D eigenvalue weighted by Crippen LogP contribution is -2.25. The van der Waals surface area contributed by atoms with Crippen LogP contribution in [0.1, 0.15) is 0 Å². The quantitative estimate of drug-likeness (QED) is 0.514. The first-order valence-electron chi connectivity index (χ1n) is 2.93. The topological polar surface area (TPSA) is 58.3 Å². The van der Waals surface area contributed by atoms with Crippen LogP contribution in [0, 0.1) is 5.92 Å². The van der Waals surface area contributed by atoms with E-state index in [2.05, 4.69) is 5.32 Å². The SMILES string of the molecule is Cl.Cl.NC[C@H]1CNC[C@H]1O. The summed E-state index contributed by atoms with van der Waals surface area (Å²) in [5.41, 5.74) is 5.32. The maximum absolute atomic E-state index is 9.05. The molecule has 5 heteroatoms. The molecule has 4 N–H and O–H groups in total. The Labute approximate surface area is 73.2 Å². The van der Waals surface area contributed by atoms with Crippen LogP contribution in [0.25, 0.3) is 0 Å². The Morgan fingerprint density at radius 3 is 2.20 bits per heavy atom. The molecule has 0 bridgehead atoms. The van der Waals surface area contributed by atoms with Gasteiger partial charge in [-0.2, -0.15) is 0 Å². The summed E-state index contributed by atoms with van der Waals surface area (Å²) in [5, 5.41) is 12.1. The van der Waals surface area contributed by atoms with E-state index in [9.17, 15) is 0 Å². The number of halogens is 2. The van der Waals surface area contributed by atoms with E-state index in [0.29, 0.717) is 13.1 Å². The molecule has 1 saturated heterocycles. The van der Waals surface area contributed by atoms with Gasteiger partial charge in [0.15, 0.2) is 0 Å². The Morgan fingerprint density at radius 1 is 1.40 bits per heavy atom. The minimum Gasteiger partial charge on any atom is -0.391 e. The van der Waals surface area contributed by atoms with E-state index in [1.807, 2.05) is 0 Å². The zero-order chi connectivity index (χ0) is 5.98. The molecule has 64 valence electrons. The maximum atomic E-state index is 9.05. The smallest absolute Gasteiger partial charge is 0.0716 e. The summed E-state index contributed by atoms with van der Waals surface area (Å²) in [6, 6.07) is 0. The van der Waals surface area contributed by atoms with Crippen LogP contribution in [0.4, 0.5) is 0 Å². The Kier molecular flexibility index (Phi) is 8.09. The van der Waals surface area contributed by atoms with Gasteiger partial charge in [-0.3, -0.25) is 0 Å².